The molecule has 3 rings (SSSR count). The molecule has 1 aliphatic heterocycles. The Labute approximate surface area is 149 Å². The Morgan fingerprint density at radius 2 is 1.54 bits per heavy atom. The number of aromatic carboxylic acids is 1. The summed E-state index contributed by atoms with van der Waals surface area (Å²) in [6, 6.07) is 13.5. The number of carboxylic acid groups (broad SMARTS) is 1. The highest BCUT2D eigenvalue weighted by molar-refractivity contribution is 6.18. The van der Waals surface area contributed by atoms with Gasteiger partial charge in [-0.05, 0) is 28.8 Å². The van der Waals surface area contributed by atoms with E-state index in [2.05, 4.69) is 0 Å². The van der Waals surface area contributed by atoms with Crippen LogP contribution in [0.5, 0.6) is 0 Å². The van der Waals surface area contributed by atoms with Crippen molar-refractivity contribution in [3.05, 3.63) is 65.2 Å². The van der Waals surface area contributed by atoms with Crippen LogP contribution in [-0.2, 0) is 19.1 Å². The van der Waals surface area contributed by atoms with Crippen LogP contribution < -0.4 is 0 Å². The van der Waals surface area contributed by atoms with E-state index in [9.17, 15) is 19.5 Å². The average molecular weight is 352 g/mol. The molecule has 0 aliphatic carbocycles. The summed E-state index contributed by atoms with van der Waals surface area (Å²) in [7, 11) is 0. The highest BCUT2D eigenvalue weighted by atomic mass is 16.7. The van der Waals surface area contributed by atoms with Crippen molar-refractivity contribution in [3.8, 4) is 11.1 Å². The van der Waals surface area contributed by atoms with Gasteiger partial charge in [-0.15, -0.1) is 0 Å². The predicted molar refractivity (Wildman–Crippen MR) is 93.1 cm³/mol. The van der Waals surface area contributed by atoms with E-state index < -0.39 is 23.7 Å². The van der Waals surface area contributed by atoms with E-state index in [1.165, 1.54) is 26.0 Å². The first-order chi connectivity index (χ1) is 12.3. The number of rotatable bonds is 3. The zero-order valence-corrected chi connectivity index (χ0v) is 14.2. The molecule has 1 heterocycles. The zero-order valence-electron chi connectivity index (χ0n) is 14.2. The molecule has 2 aromatic carbocycles. The molecule has 1 fully saturated rings. The molecule has 0 saturated carbocycles. The Hall–Kier alpha value is -3.41. The summed E-state index contributed by atoms with van der Waals surface area (Å²) in [5.41, 5.74) is 1.88. The maximum atomic E-state index is 12.0. The Morgan fingerprint density at radius 3 is 2.12 bits per heavy atom. The van der Waals surface area contributed by atoms with Crippen molar-refractivity contribution < 1.29 is 29.0 Å². The van der Waals surface area contributed by atoms with Gasteiger partial charge in [-0.1, -0.05) is 42.5 Å². The van der Waals surface area contributed by atoms with E-state index in [1.54, 1.807) is 42.5 Å². The fraction of sp³-hybridized carbons (Fsp3) is 0.150. The van der Waals surface area contributed by atoms with Gasteiger partial charge in [0.1, 0.15) is 5.57 Å². The number of carboxylic acids is 1. The van der Waals surface area contributed by atoms with E-state index >= 15 is 0 Å². The minimum Gasteiger partial charge on any atom is -0.478 e. The molecular formula is C20H16O6. The number of hydrogen-bond donors (Lipinski definition) is 1. The Bertz CT molecular complexity index is 900. The lowest BCUT2D eigenvalue weighted by molar-refractivity contribution is -0.222. The van der Waals surface area contributed by atoms with Gasteiger partial charge >= 0.3 is 17.9 Å². The Balaban J connectivity index is 1.91. The summed E-state index contributed by atoms with van der Waals surface area (Å²) in [6.45, 7) is 2.96. The SMILES string of the molecule is CC1(C)OC(=O)C(=Cc2ccc(-c3ccccc3C(=O)O)cc2)C(=O)O1. The molecule has 1 aliphatic rings. The van der Waals surface area contributed by atoms with Crippen molar-refractivity contribution in [2.24, 2.45) is 0 Å². The van der Waals surface area contributed by atoms with E-state index in [-0.39, 0.29) is 11.1 Å². The summed E-state index contributed by atoms with van der Waals surface area (Å²) < 4.78 is 10.1. The van der Waals surface area contributed by atoms with E-state index in [0.29, 0.717) is 16.7 Å². The molecule has 1 saturated heterocycles. The van der Waals surface area contributed by atoms with Gasteiger partial charge < -0.3 is 14.6 Å². The Morgan fingerprint density at radius 1 is 0.962 bits per heavy atom. The van der Waals surface area contributed by atoms with Gasteiger partial charge in [-0.25, -0.2) is 14.4 Å². The van der Waals surface area contributed by atoms with Crippen molar-refractivity contribution >= 4 is 24.0 Å². The summed E-state index contributed by atoms with van der Waals surface area (Å²) in [5, 5.41) is 9.29. The van der Waals surface area contributed by atoms with Crippen LogP contribution >= 0.6 is 0 Å². The normalized spacial score (nSPS) is 15.8. The molecule has 0 radical (unpaired) electrons. The second-order valence-electron chi connectivity index (χ2n) is 6.21. The standard InChI is InChI=1S/C20H16O6/c1-20(2)25-18(23)16(19(24)26-20)11-12-7-9-13(10-8-12)14-5-3-4-6-15(14)17(21)22/h3-11H,1-2H3,(H,21,22). The lowest BCUT2D eigenvalue weighted by Crippen LogP contribution is -2.41. The first kappa shape index (κ1) is 17.4. The number of carbonyl (C=O) groups is 3. The first-order valence-electron chi connectivity index (χ1n) is 7.88. The number of hydrogen-bond acceptors (Lipinski definition) is 5. The van der Waals surface area contributed by atoms with Gasteiger partial charge in [-0.2, -0.15) is 0 Å². The van der Waals surface area contributed by atoms with Crippen molar-refractivity contribution in [1.82, 2.24) is 0 Å². The molecular weight excluding hydrogens is 336 g/mol. The lowest BCUT2D eigenvalue weighted by Gasteiger charge is -2.29. The number of carbonyl (C=O) groups excluding carboxylic acids is 2. The molecule has 132 valence electrons. The summed E-state index contributed by atoms with van der Waals surface area (Å²) in [4.78, 5) is 35.3. The van der Waals surface area contributed by atoms with Gasteiger partial charge in [0.25, 0.3) is 5.79 Å². The summed E-state index contributed by atoms with van der Waals surface area (Å²) in [6.07, 6.45) is 1.38. The molecule has 6 heteroatoms. The molecule has 0 spiro atoms. The third-order valence-electron chi connectivity index (χ3n) is 3.81. The Kier molecular flexibility index (Phi) is 4.34. The maximum absolute atomic E-state index is 12.0. The van der Waals surface area contributed by atoms with Gasteiger partial charge in [0.15, 0.2) is 0 Å². The summed E-state index contributed by atoms with van der Waals surface area (Å²) in [5.74, 6) is -3.78. The van der Waals surface area contributed by atoms with Crippen LogP contribution in [0.25, 0.3) is 17.2 Å². The molecule has 26 heavy (non-hydrogen) atoms. The van der Waals surface area contributed by atoms with Crippen molar-refractivity contribution in [1.29, 1.82) is 0 Å². The van der Waals surface area contributed by atoms with Gasteiger partial charge in [0.2, 0.25) is 0 Å². The first-order valence-corrected chi connectivity index (χ1v) is 7.88. The monoisotopic (exact) mass is 352 g/mol. The minimum absolute atomic E-state index is 0.192. The molecule has 1 N–H and O–H groups in total. The van der Waals surface area contributed by atoms with E-state index in [1.807, 2.05) is 0 Å². The largest absolute Gasteiger partial charge is 0.478 e. The molecule has 0 bridgehead atoms. The van der Waals surface area contributed by atoms with Crippen LogP contribution in [0.4, 0.5) is 0 Å². The molecule has 0 unspecified atom stereocenters. The van der Waals surface area contributed by atoms with E-state index in [0.717, 1.165) is 0 Å². The van der Waals surface area contributed by atoms with Gasteiger partial charge in [0.05, 0.1) is 5.56 Å². The van der Waals surface area contributed by atoms with Gasteiger partial charge in [-0.3, -0.25) is 0 Å². The number of cyclic esters (lactones) is 2. The fourth-order valence-electron chi connectivity index (χ4n) is 2.63. The van der Waals surface area contributed by atoms with E-state index in [4.69, 9.17) is 9.47 Å². The quantitative estimate of drug-likeness (QED) is 0.518. The third-order valence-corrected chi connectivity index (χ3v) is 3.81. The number of esters is 2. The van der Waals surface area contributed by atoms with Crippen molar-refractivity contribution in [2.75, 3.05) is 0 Å². The van der Waals surface area contributed by atoms with Crippen molar-refractivity contribution in [3.63, 3.8) is 0 Å². The minimum atomic E-state index is -1.28. The third kappa shape index (κ3) is 3.49. The zero-order chi connectivity index (χ0) is 18.9. The summed E-state index contributed by atoms with van der Waals surface area (Å²) >= 11 is 0. The number of benzene rings is 2. The maximum Gasteiger partial charge on any atom is 0.348 e. The van der Waals surface area contributed by atoms with Crippen molar-refractivity contribution in [2.45, 2.75) is 19.6 Å². The molecule has 0 aromatic heterocycles. The molecule has 0 amide bonds. The topological polar surface area (TPSA) is 89.9 Å². The predicted octanol–water partition coefficient (Wildman–Crippen LogP) is 3.27. The lowest BCUT2D eigenvalue weighted by atomic mass is 9.98. The van der Waals surface area contributed by atoms with Crippen LogP contribution in [0.3, 0.4) is 0 Å². The van der Waals surface area contributed by atoms with Crippen LogP contribution in [0.1, 0.15) is 29.8 Å². The van der Waals surface area contributed by atoms with Crippen LogP contribution in [0.2, 0.25) is 0 Å². The second kappa shape index (κ2) is 6.48. The highest BCUT2D eigenvalue weighted by Crippen LogP contribution is 2.27. The van der Waals surface area contributed by atoms with Crippen LogP contribution in [-0.4, -0.2) is 28.8 Å². The smallest absolute Gasteiger partial charge is 0.348 e. The van der Waals surface area contributed by atoms with Gasteiger partial charge in [0, 0.05) is 13.8 Å². The molecule has 2 aromatic rings. The van der Waals surface area contributed by atoms with Crippen LogP contribution in [0.15, 0.2) is 54.1 Å². The van der Waals surface area contributed by atoms with Crippen LogP contribution in [0, 0.1) is 0 Å². The second-order valence-corrected chi connectivity index (χ2v) is 6.21. The highest BCUT2D eigenvalue weighted by Gasteiger charge is 2.38. The molecule has 6 nitrogen and oxygen atoms in total. The fourth-order valence-corrected chi connectivity index (χ4v) is 2.63. The number of ether oxygens (including phenoxy) is 2. The molecule has 0 atom stereocenters. The average Bonchev–Trinajstić information content (AvgIpc) is 2.58.